The Morgan fingerprint density at radius 1 is 0.941 bits per heavy atom. The van der Waals surface area contributed by atoms with Gasteiger partial charge in [0.15, 0.2) is 0 Å². The summed E-state index contributed by atoms with van der Waals surface area (Å²) in [6, 6.07) is 26.0. The summed E-state index contributed by atoms with van der Waals surface area (Å²) in [7, 11) is 1.25. The lowest BCUT2D eigenvalue weighted by Crippen LogP contribution is -2.30. The van der Waals surface area contributed by atoms with Gasteiger partial charge in [0.25, 0.3) is 11.8 Å². The molecule has 0 aromatic heterocycles. The van der Waals surface area contributed by atoms with Gasteiger partial charge in [-0.05, 0) is 35.9 Å². The van der Waals surface area contributed by atoms with Gasteiger partial charge in [-0.1, -0.05) is 54.6 Å². The van der Waals surface area contributed by atoms with Gasteiger partial charge >= 0.3 is 5.97 Å². The molecule has 0 spiro atoms. The molecule has 0 aliphatic carbocycles. The van der Waals surface area contributed by atoms with Crippen LogP contribution in [-0.4, -0.2) is 37.1 Å². The van der Waals surface area contributed by atoms with Crippen molar-refractivity contribution >= 4 is 34.9 Å². The van der Waals surface area contributed by atoms with E-state index in [-0.39, 0.29) is 18.5 Å². The molecule has 3 aromatic carbocycles. The van der Waals surface area contributed by atoms with Gasteiger partial charge in [0, 0.05) is 17.7 Å². The fraction of sp³-hybridized carbons (Fsp3) is 0.154. The summed E-state index contributed by atoms with van der Waals surface area (Å²) in [6.45, 7) is -0.237. The smallest absolute Gasteiger partial charge is 0.325 e. The van der Waals surface area contributed by atoms with Crippen molar-refractivity contribution in [2.45, 2.75) is 12.5 Å². The van der Waals surface area contributed by atoms with Gasteiger partial charge in [0.1, 0.15) is 12.3 Å². The number of hydrazone groups is 1. The van der Waals surface area contributed by atoms with Crippen molar-refractivity contribution in [2.24, 2.45) is 5.10 Å². The third-order valence-corrected chi connectivity index (χ3v) is 5.38. The Kier molecular flexibility index (Phi) is 6.98. The van der Waals surface area contributed by atoms with Crippen LogP contribution in [0, 0.1) is 0 Å². The van der Waals surface area contributed by atoms with E-state index in [0.717, 1.165) is 11.3 Å². The third kappa shape index (κ3) is 5.29. The van der Waals surface area contributed by atoms with E-state index in [1.165, 1.54) is 7.11 Å². The molecule has 0 radical (unpaired) electrons. The van der Waals surface area contributed by atoms with Crippen LogP contribution in [0.25, 0.3) is 0 Å². The number of methoxy groups -OCH3 is 1. The van der Waals surface area contributed by atoms with E-state index in [4.69, 9.17) is 0 Å². The number of para-hydroxylation sites is 1. The molecule has 2 amide bonds. The highest BCUT2D eigenvalue weighted by Crippen LogP contribution is 2.35. The summed E-state index contributed by atoms with van der Waals surface area (Å²) < 4.78 is 4.52. The number of hydrogen-bond donors (Lipinski definition) is 2. The highest BCUT2D eigenvalue weighted by Gasteiger charge is 2.32. The van der Waals surface area contributed by atoms with Gasteiger partial charge in [-0.2, -0.15) is 5.10 Å². The van der Waals surface area contributed by atoms with Gasteiger partial charge in [-0.3, -0.25) is 19.4 Å². The van der Waals surface area contributed by atoms with Crippen molar-refractivity contribution in [1.29, 1.82) is 0 Å². The predicted molar refractivity (Wildman–Crippen MR) is 130 cm³/mol. The molecular weight excluding hydrogens is 432 g/mol. The maximum absolute atomic E-state index is 13.1. The van der Waals surface area contributed by atoms with Crippen LogP contribution in [0.4, 0.5) is 11.4 Å². The molecule has 1 aliphatic rings. The molecule has 1 aliphatic heterocycles. The Balaban J connectivity index is 1.50. The van der Waals surface area contributed by atoms with Crippen LogP contribution in [-0.2, 0) is 14.3 Å². The van der Waals surface area contributed by atoms with E-state index in [1.54, 1.807) is 24.3 Å². The van der Waals surface area contributed by atoms with Crippen LogP contribution in [0.2, 0.25) is 0 Å². The second-order valence-corrected chi connectivity index (χ2v) is 7.65. The zero-order chi connectivity index (χ0) is 23.9. The zero-order valence-electron chi connectivity index (χ0n) is 18.6. The van der Waals surface area contributed by atoms with Crippen LogP contribution >= 0.6 is 0 Å². The molecule has 3 aromatic rings. The minimum absolute atomic E-state index is 0.111. The maximum atomic E-state index is 13.1. The number of nitrogens with one attached hydrogen (secondary N) is 2. The Labute approximate surface area is 197 Å². The standard InChI is InChI=1S/C26H24N4O4/c1-34-24(31)17-27-25(32)19-11-8-12-20(15-19)28-26(33)22-16-23(18-9-4-2-5-10-18)30(29-22)21-13-6-3-7-14-21/h2-15,23H,16-17H2,1H3,(H,27,32)(H,28,33). The van der Waals surface area contributed by atoms with Crippen molar-refractivity contribution in [3.63, 3.8) is 0 Å². The van der Waals surface area contributed by atoms with Crippen LogP contribution in [0.5, 0.6) is 0 Å². The number of rotatable bonds is 7. The Morgan fingerprint density at radius 2 is 1.65 bits per heavy atom. The van der Waals surface area contributed by atoms with Crippen LogP contribution in [0.3, 0.4) is 0 Å². The minimum Gasteiger partial charge on any atom is -0.468 e. The summed E-state index contributed by atoms with van der Waals surface area (Å²) in [5.74, 6) is -1.33. The minimum atomic E-state index is -0.548. The molecule has 1 atom stereocenters. The van der Waals surface area contributed by atoms with Crippen molar-refractivity contribution in [3.8, 4) is 0 Å². The summed E-state index contributed by atoms with van der Waals surface area (Å²) in [4.78, 5) is 36.6. The molecule has 1 heterocycles. The van der Waals surface area contributed by atoms with E-state index >= 15 is 0 Å². The first-order valence-electron chi connectivity index (χ1n) is 10.8. The van der Waals surface area contributed by atoms with Crippen LogP contribution in [0.1, 0.15) is 28.4 Å². The highest BCUT2D eigenvalue weighted by molar-refractivity contribution is 6.43. The molecule has 0 bridgehead atoms. The first-order valence-corrected chi connectivity index (χ1v) is 10.8. The zero-order valence-corrected chi connectivity index (χ0v) is 18.6. The van der Waals surface area contributed by atoms with E-state index in [9.17, 15) is 14.4 Å². The van der Waals surface area contributed by atoms with E-state index < -0.39 is 11.9 Å². The van der Waals surface area contributed by atoms with Gasteiger partial charge in [0.2, 0.25) is 0 Å². The second-order valence-electron chi connectivity index (χ2n) is 7.65. The SMILES string of the molecule is COC(=O)CNC(=O)c1cccc(NC(=O)C2=NN(c3ccccc3)C(c3ccccc3)C2)c1. The molecular formula is C26H24N4O4. The molecule has 0 saturated carbocycles. The fourth-order valence-electron chi connectivity index (χ4n) is 3.67. The number of hydrogen-bond acceptors (Lipinski definition) is 6. The Hall–Kier alpha value is -4.46. The largest absolute Gasteiger partial charge is 0.468 e. The van der Waals surface area contributed by atoms with Crippen molar-refractivity contribution < 1.29 is 19.1 Å². The molecule has 1 unspecified atom stereocenters. The summed E-state index contributed by atoms with van der Waals surface area (Å²) in [6.07, 6.45) is 0.435. The topological polar surface area (TPSA) is 100 Å². The lowest BCUT2D eigenvalue weighted by molar-refractivity contribution is -0.139. The number of esters is 1. The molecule has 4 rings (SSSR count). The van der Waals surface area contributed by atoms with Crippen LogP contribution < -0.4 is 15.6 Å². The van der Waals surface area contributed by atoms with E-state index in [1.807, 2.05) is 65.7 Å². The van der Waals surface area contributed by atoms with Gasteiger partial charge in [0.05, 0.1) is 18.8 Å². The molecule has 0 fully saturated rings. The molecule has 8 nitrogen and oxygen atoms in total. The van der Waals surface area contributed by atoms with Crippen molar-refractivity contribution in [3.05, 3.63) is 96.1 Å². The Bertz CT molecular complexity index is 1210. The predicted octanol–water partition coefficient (Wildman–Crippen LogP) is 3.54. The lowest BCUT2D eigenvalue weighted by atomic mass is 10.0. The fourth-order valence-corrected chi connectivity index (χ4v) is 3.67. The van der Waals surface area contributed by atoms with Gasteiger partial charge in [-0.15, -0.1) is 0 Å². The normalized spacial score (nSPS) is 14.8. The number of benzene rings is 3. The van der Waals surface area contributed by atoms with Gasteiger partial charge in [-0.25, -0.2) is 0 Å². The average molecular weight is 457 g/mol. The molecule has 34 heavy (non-hydrogen) atoms. The summed E-state index contributed by atoms with van der Waals surface area (Å²) >= 11 is 0. The molecule has 0 saturated heterocycles. The quantitative estimate of drug-likeness (QED) is 0.530. The number of anilines is 2. The van der Waals surface area contributed by atoms with Gasteiger partial charge < -0.3 is 15.4 Å². The van der Waals surface area contributed by atoms with E-state index in [0.29, 0.717) is 23.4 Å². The van der Waals surface area contributed by atoms with E-state index in [2.05, 4.69) is 20.5 Å². The first-order chi connectivity index (χ1) is 16.5. The average Bonchev–Trinajstić information content (AvgIpc) is 3.34. The number of carbonyl (C=O) groups excluding carboxylic acids is 3. The number of nitrogens with zero attached hydrogens (tertiary/aromatic N) is 2. The second kappa shape index (κ2) is 10.4. The molecule has 2 N–H and O–H groups in total. The van der Waals surface area contributed by atoms with Crippen molar-refractivity contribution in [2.75, 3.05) is 24.0 Å². The third-order valence-electron chi connectivity index (χ3n) is 5.38. The number of ether oxygens (including phenoxy) is 1. The molecule has 172 valence electrons. The lowest BCUT2D eigenvalue weighted by Gasteiger charge is -2.23. The monoisotopic (exact) mass is 456 g/mol. The summed E-state index contributed by atoms with van der Waals surface area (Å²) in [5, 5.41) is 11.8. The number of amides is 2. The molecule has 8 heteroatoms. The van der Waals surface area contributed by atoms with Crippen LogP contribution in [0.15, 0.2) is 90.0 Å². The highest BCUT2D eigenvalue weighted by atomic mass is 16.5. The maximum Gasteiger partial charge on any atom is 0.325 e. The first kappa shape index (κ1) is 22.7. The number of carbonyl (C=O) groups is 3. The Morgan fingerprint density at radius 3 is 2.35 bits per heavy atom. The van der Waals surface area contributed by atoms with Crippen molar-refractivity contribution in [1.82, 2.24) is 5.32 Å². The summed E-state index contributed by atoms with van der Waals surface area (Å²) in [5.41, 5.74) is 3.10.